The van der Waals surface area contributed by atoms with E-state index in [0.29, 0.717) is 12.3 Å². The van der Waals surface area contributed by atoms with Crippen LogP contribution in [0, 0.1) is 0 Å². The summed E-state index contributed by atoms with van der Waals surface area (Å²) in [7, 11) is -2.81. The standard InChI is InChI=1S/C12H15NO3S/c14-11-3-1-2-9(4-11)6-13-7-12-5-10(13)8-17(12,15)16/h1-4,10,12,14H,5-8H2. The molecule has 17 heavy (non-hydrogen) atoms. The van der Waals surface area contributed by atoms with Crippen molar-refractivity contribution in [1.29, 1.82) is 0 Å². The topological polar surface area (TPSA) is 57.6 Å². The fraction of sp³-hybridized carbons (Fsp3) is 0.500. The molecule has 3 rings (SSSR count). The van der Waals surface area contributed by atoms with E-state index in [9.17, 15) is 13.5 Å². The fourth-order valence-electron chi connectivity index (χ4n) is 2.86. The maximum Gasteiger partial charge on any atom is 0.156 e. The molecular weight excluding hydrogens is 238 g/mol. The van der Waals surface area contributed by atoms with Gasteiger partial charge in [0.05, 0.1) is 11.0 Å². The summed E-state index contributed by atoms with van der Waals surface area (Å²) in [6.45, 7) is 1.37. The number of rotatable bonds is 2. The van der Waals surface area contributed by atoms with E-state index in [1.165, 1.54) is 0 Å². The molecule has 0 amide bonds. The van der Waals surface area contributed by atoms with Crippen LogP contribution in [-0.2, 0) is 16.4 Å². The fourth-order valence-corrected chi connectivity index (χ4v) is 4.95. The largest absolute Gasteiger partial charge is 0.508 e. The van der Waals surface area contributed by atoms with Crippen molar-refractivity contribution in [3.05, 3.63) is 29.8 Å². The minimum Gasteiger partial charge on any atom is -0.508 e. The molecule has 1 aromatic rings. The maximum atomic E-state index is 11.6. The van der Waals surface area contributed by atoms with Gasteiger partial charge < -0.3 is 5.11 Å². The van der Waals surface area contributed by atoms with E-state index in [4.69, 9.17) is 0 Å². The molecule has 0 radical (unpaired) electrons. The lowest BCUT2D eigenvalue weighted by Gasteiger charge is -2.26. The lowest BCUT2D eigenvalue weighted by atomic mass is 10.2. The Balaban J connectivity index is 1.74. The van der Waals surface area contributed by atoms with Gasteiger partial charge in [-0.2, -0.15) is 0 Å². The van der Waals surface area contributed by atoms with Crippen molar-refractivity contribution in [3.63, 3.8) is 0 Å². The van der Waals surface area contributed by atoms with Crippen LogP contribution in [-0.4, -0.2) is 42.0 Å². The zero-order valence-corrected chi connectivity index (χ0v) is 10.2. The normalized spacial score (nSPS) is 30.8. The van der Waals surface area contributed by atoms with E-state index in [0.717, 1.165) is 18.5 Å². The van der Waals surface area contributed by atoms with Crippen molar-refractivity contribution >= 4 is 9.84 Å². The molecule has 5 heteroatoms. The minimum atomic E-state index is -2.81. The van der Waals surface area contributed by atoms with Crippen molar-refractivity contribution in [1.82, 2.24) is 4.90 Å². The molecule has 0 saturated carbocycles. The zero-order valence-electron chi connectivity index (χ0n) is 9.41. The van der Waals surface area contributed by atoms with Gasteiger partial charge in [0.25, 0.3) is 0 Å². The minimum absolute atomic E-state index is 0.162. The van der Waals surface area contributed by atoms with Gasteiger partial charge in [-0.3, -0.25) is 4.90 Å². The molecule has 4 nitrogen and oxygen atoms in total. The van der Waals surface area contributed by atoms with E-state index < -0.39 is 9.84 Å². The number of phenolic OH excluding ortho intramolecular Hbond substituents is 1. The van der Waals surface area contributed by atoms with Crippen LogP contribution in [0.4, 0.5) is 0 Å². The summed E-state index contributed by atoms with van der Waals surface area (Å²) in [6, 6.07) is 7.33. The Hall–Kier alpha value is -1.07. The van der Waals surface area contributed by atoms with Crippen molar-refractivity contribution in [3.8, 4) is 5.75 Å². The number of nitrogens with zero attached hydrogens (tertiary/aromatic N) is 1. The summed E-state index contributed by atoms with van der Waals surface area (Å²) in [6.07, 6.45) is 0.779. The van der Waals surface area contributed by atoms with Gasteiger partial charge in [0, 0.05) is 19.1 Å². The molecule has 2 aliphatic rings. The third kappa shape index (κ3) is 1.93. The molecule has 0 aliphatic carbocycles. The Morgan fingerprint density at radius 1 is 1.41 bits per heavy atom. The molecule has 1 aromatic carbocycles. The molecule has 2 atom stereocenters. The Kier molecular flexibility index (Phi) is 2.41. The first-order valence-electron chi connectivity index (χ1n) is 5.78. The summed E-state index contributed by atoms with van der Waals surface area (Å²) < 4.78 is 23.2. The number of fused-ring (bicyclic) bond motifs is 2. The number of sulfone groups is 1. The predicted molar refractivity (Wildman–Crippen MR) is 64.5 cm³/mol. The molecular formula is C12H15NO3S. The van der Waals surface area contributed by atoms with Gasteiger partial charge in [0.15, 0.2) is 9.84 Å². The van der Waals surface area contributed by atoms with E-state index in [1.54, 1.807) is 12.1 Å². The highest BCUT2D eigenvalue weighted by atomic mass is 32.2. The summed E-state index contributed by atoms with van der Waals surface area (Å²) in [5, 5.41) is 9.23. The Bertz CT molecular complexity index is 540. The molecule has 1 N–H and O–H groups in total. The highest BCUT2D eigenvalue weighted by Crippen LogP contribution is 2.33. The quantitative estimate of drug-likeness (QED) is 0.845. The van der Waals surface area contributed by atoms with Crippen LogP contribution in [0.5, 0.6) is 5.75 Å². The summed E-state index contributed by atoms with van der Waals surface area (Å²) in [5.41, 5.74) is 1.04. The van der Waals surface area contributed by atoms with Crippen LogP contribution in [0.2, 0.25) is 0 Å². The molecule has 2 heterocycles. The van der Waals surface area contributed by atoms with Gasteiger partial charge in [-0.25, -0.2) is 8.42 Å². The Labute approximate surface area is 101 Å². The van der Waals surface area contributed by atoms with E-state index in [-0.39, 0.29) is 17.0 Å². The number of hydrogen-bond donors (Lipinski definition) is 1. The van der Waals surface area contributed by atoms with E-state index in [2.05, 4.69) is 4.90 Å². The second kappa shape index (κ2) is 3.71. The number of hydrogen-bond acceptors (Lipinski definition) is 4. The van der Waals surface area contributed by atoms with Crippen molar-refractivity contribution in [2.24, 2.45) is 0 Å². The molecule has 2 fully saturated rings. The van der Waals surface area contributed by atoms with Crippen molar-refractivity contribution < 1.29 is 13.5 Å². The molecule has 0 aromatic heterocycles. The van der Waals surface area contributed by atoms with Crippen LogP contribution in [0.1, 0.15) is 12.0 Å². The smallest absolute Gasteiger partial charge is 0.156 e. The second-order valence-electron chi connectivity index (χ2n) is 4.94. The Morgan fingerprint density at radius 3 is 2.82 bits per heavy atom. The first kappa shape index (κ1) is 11.0. The number of aromatic hydroxyl groups is 1. The van der Waals surface area contributed by atoms with Crippen LogP contribution < -0.4 is 0 Å². The first-order valence-corrected chi connectivity index (χ1v) is 7.50. The number of benzene rings is 1. The monoisotopic (exact) mass is 253 g/mol. The van der Waals surface area contributed by atoms with Gasteiger partial charge in [-0.1, -0.05) is 12.1 Å². The maximum absolute atomic E-state index is 11.6. The van der Waals surface area contributed by atoms with E-state index >= 15 is 0 Å². The molecule has 2 bridgehead atoms. The lowest BCUT2D eigenvalue weighted by Crippen LogP contribution is -2.39. The molecule has 2 unspecified atom stereocenters. The van der Waals surface area contributed by atoms with Gasteiger partial charge in [-0.15, -0.1) is 0 Å². The third-order valence-corrected chi connectivity index (χ3v) is 5.92. The van der Waals surface area contributed by atoms with Crippen LogP contribution in [0.25, 0.3) is 0 Å². The lowest BCUT2D eigenvalue weighted by molar-refractivity contribution is 0.256. The zero-order chi connectivity index (χ0) is 12.0. The van der Waals surface area contributed by atoms with Crippen LogP contribution in [0.3, 0.4) is 0 Å². The average Bonchev–Trinajstić information content (AvgIpc) is 2.73. The highest BCUT2D eigenvalue weighted by Gasteiger charge is 2.47. The second-order valence-corrected chi connectivity index (χ2v) is 7.27. The molecule has 2 aliphatic heterocycles. The molecule has 0 spiro atoms. The molecule has 2 saturated heterocycles. The SMILES string of the molecule is O=S1(=O)CC2CC1CN2Cc1cccc(O)c1. The van der Waals surface area contributed by atoms with Crippen molar-refractivity contribution in [2.45, 2.75) is 24.3 Å². The first-order chi connectivity index (χ1) is 8.04. The third-order valence-electron chi connectivity index (χ3n) is 3.72. The van der Waals surface area contributed by atoms with Gasteiger partial charge in [-0.05, 0) is 24.1 Å². The van der Waals surface area contributed by atoms with Gasteiger partial charge in [0.2, 0.25) is 0 Å². The number of likely N-dealkylation sites (tertiary alicyclic amines) is 1. The summed E-state index contributed by atoms with van der Waals surface area (Å²) in [5.74, 6) is 0.565. The average molecular weight is 253 g/mol. The predicted octanol–water partition coefficient (Wildman–Crippen LogP) is 0.763. The number of phenols is 1. The van der Waals surface area contributed by atoms with Crippen molar-refractivity contribution in [2.75, 3.05) is 12.3 Å². The van der Waals surface area contributed by atoms with Gasteiger partial charge in [0.1, 0.15) is 5.75 Å². The van der Waals surface area contributed by atoms with Gasteiger partial charge >= 0.3 is 0 Å². The van der Waals surface area contributed by atoms with Crippen LogP contribution >= 0.6 is 0 Å². The van der Waals surface area contributed by atoms with Crippen LogP contribution in [0.15, 0.2) is 24.3 Å². The molecule has 92 valence electrons. The van der Waals surface area contributed by atoms with E-state index in [1.807, 2.05) is 12.1 Å². The Morgan fingerprint density at radius 2 is 2.24 bits per heavy atom. The summed E-state index contributed by atoms with van der Waals surface area (Å²) in [4.78, 5) is 2.21. The highest BCUT2D eigenvalue weighted by molar-refractivity contribution is 7.92. The summed E-state index contributed by atoms with van der Waals surface area (Å²) >= 11 is 0.